The molecule has 2 N–H and O–H groups in total. The predicted molar refractivity (Wildman–Crippen MR) is 140 cm³/mol. The van der Waals surface area contributed by atoms with Crippen molar-refractivity contribution in [3.05, 3.63) is 72.0 Å². The van der Waals surface area contributed by atoms with Gasteiger partial charge in [-0.25, -0.2) is 0 Å². The summed E-state index contributed by atoms with van der Waals surface area (Å²) in [6.07, 6.45) is 2.28. The van der Waals surface area contributed by atoms with Crippen LogP contribution in [0.15, 0.2) is 70.1 Å². The Hall–Kier alpha value is -2.55. The van der Waals surface area contributed by atoms with E-state index in [0.717, 1.165) is 61.7 Å². The van der Waals surface area contributed by atoms with Gasteiger partial charge in [0, 0.05) is 57.4 Å². The van der Waals surface area contributed by atoms with Gasteiger partial charge in [0.05, 0.1) is 0 Å². The van der Waals surface area contributed by atoms with Crippen LogP contribution in [0.4, 0.5) is 0 Å². The van der Waals surface area contributed by atoms with E-state index in [4.69, 9.17) is 4.42 Å². The Morgan fingerprint density at radius 3 is 2.66 bits per heavy atom. The normalized spacial score (nSPS) is 16.3. The first-order valence-electron chi connectivity index (χ1n) is 10.9. The summed E-state index contributed by atoms with van der Waals surface area (Å²) in [5.74, 6) is 2.26. The number of hydrogen-bond donors (Lipinski definition) is 2. The quantitative estimate of drug-likeness (QED) is 0.256. The molecule has 7 heteroatoms. The van der Waals surface area contributed by atoms with Crippen LogP contribution in [-0.2, 0) is 17.6 Å². The SMILES string of the molecule is CN=C(NCCc1cc2ccccc2o1)NCC1CC(=O)N(CCc2ccccc2)C1.I. The van der Waals surface area contributed by atoms with E-state index in [0.29, 0.717) is 12.3 Å². The van der Waals surface area contributed by atoms with Crippen molar-refractivity contribution in [3.8, 4) is 0 Å². The van der Waals surface area contributed by atoms with Crippen LogP contribution >= 0.6 is 24.0 Å². The molecule has 1 aliphatic heterocycles. The van der Waals surface area contributed by atoms with E-state index in [1.54, 1.807) is 7.05 Å². The van der Waals surface area contributed by atoms with E-state index in [2.05, 4.69) is 39.9 Å². The lowest BCUT2D eigenvalue weighted by molar-refractivity contribution is -0.127. The van der Waals surface area contributed by atoms with Gasteiger partial charge in [-0.05, 0) is 24.1 Å². The van der Waals surface area contributed by atoms with Gasteiger partial charge in [0.15, 0.2) is 5.96 Å². The minimum atomic E-state index is 0. The molecule has 1 aliphatic rings. The molecule has 1 saturated heterocycles. The van der Waals surface area contributed by atoms with Crippen LogP contribution in [0.5, 0.6) is 0 Å². The summed E-state index contributed by atoms with van der Waals surface area (Å²) in [4.78, 5) is 18.7. The zero-order valence-electron chi connectivity index (χ0n) is 18.4. The van der Waals surface area contributed by atoms with Crippen LogP contribution in [0.1, 0.15) is 17.7 Å². The zero-order valence-corrected chi connectivity index (χ0v) is 20.8. The highest BCUT2D eigenvalue weighted by atomic mass is 127. The van der Waals surface area contributed by atoms with E-state index >= 15 is 0 Å². The number of fused-ring (bicyclic) bond motifs is 1. The van der Waals surface area contributed by atoms with Crippen molar-refractivity contribution in [2.24, 2.45) is 10.9 Å². The number of halogens is 1. The Kier molecular flexibility index (Phi) is 8.96. The molecule has 0 saturated carbocycles. The maximum Gasteiger partial charge on any atom is 0.223 e. The molecule has 1 atom stereocenters. The second-order valence-electron chi connectivity index (χ2n) is 8.03. The summed E-state index contributed by atoms with van der Waals surface area (Å²) < 4.78 is 5.86. The van der Waals surface area contributed by atoms with Gasteiger partial charge in [-0.3, -0.25) is 9.79 Å². The van der Waals surface area contributed by atoms with Gasteiger partial charge >= 0.3 is 0 Å². The van der Waals surface area contributed by atoms with Crippen molar-refractivity contribution in [1.82, 2.24) is 15.5 Å². The van der Waals surface area contributed by atoms with Crippen molar-refractivity contribution in [2.45, 2.75) is 19.3 Å². The maximum absolute atomic E-state index is 12.4. The van der Waals surface area contributed by atoms with Crippen molar-refractivity contribution in [3.63, 3.8) is 0 Å². The minimum absolute atomic E-state index is 0. The smallest absolute Gasteiger partial charge is 0.223 e. The van der Waals surface area contributed by atoms with E-state index < -0.39 is 0 Å². The highest BCUT2D eigenvalue weighted by Gasteiger charge is 2.29. The molecule has 6 nitrogen and oxygen atoms in total. The van der Waals surface area contributed by atoms with Crippen LogP contribution in [0.2, 0.25) is 0 Å². The number of amides is 1. The number of guanidine groups is 1. The first-order valence-corrected chi connectivity index (χ1v) is 10.9. The Morgan fingerprint density at radius 1 is 1.09 bits per heavy atom. The van der Waals surface area contributed by atoms with E-state index in [1.807, 2.05) is 41.3 Å². The average molecular weight is 546 g/mol. The number of carbonyl (C=O) groups is 1. The van der Waals surface area contributed by atoms with Crippen LogP contribution in [0, 0.1) is 5.92 Å². The number of furan rings is 1. The molecule has 2 heterocycles. The fourth-order valence-electron chi connectivity index (χ4n) is 4.04. The summed E-state index contributed by atoms with van der Waals surface area (Å²) >= 11 is 0. The molecule has 1 aromatic heterocycles. The number of benzene rings is 2. The summed E-state index contributed by atoms with van der Waals surface area (Å²) in [7, 11) is 1.77. The number of aliphatic imine (C=N–C) groups is 1. The molecule has 0 bridgehead atoms. The molecule has 0 radical (unpaired) electrons. The second-order valence-corrected chi connectivity index (χ2v) is 8.03. The fourth-order valence-corrected chi connectivity index (χ4v) is 4.04. The number of nitrogens with one attached hydrogen (secondary N) is 2. The number of nitrogens with zero attached hydrogens (tertiary/aromatic N) is 2. The molecule has 32 heavy (non-hydrogen) atoms. The summed E-state index contributed by atoms with van der Waals surface area (Å²) in [6, 6.07) is 20.5. The van der Waals surface area contributed by atoms with Gasteiger partial charge in [0.2, 0.25) is 5.91 Å². The van der Waals surface area contributed by atoms with Crippen LogP contribution < -0.4 is 10.6 Å². The Morgan fingerprint density at radius 2 is 1.88 bits per heavy atom. The molecule has 4 rings (SSSR count). The summed E-state index contributed by atoms with van der Waals surface area (Å²) in [5.41, 5.74) is 2.19. The zero-order chi connectivity index (χ0) is 21.5. The minimum Gasteiger partial charge on any atom is -0.461 e. The Bertz CT molecular complexity index is 1000. The van der Waals surface area contributed by atoms with Gasteiger partial charge in [-0.15, -0.1) is 24.0 Å². The topological polar surface area (TPSA) is 69.9 Å². The van der Waals surface area contributed by atoms with Gasteiger partial charge < -0.3 is 20.0 Å². The molecule has 0 spiro atoms. The van der Waals surface area contributed by atoms with Gasteiger partial charge in [0.1, 0.15) is 11.3 Å². The summed E-state index contributed by atoms with van der Waals surface area (Å²) in [5, 5.41) is 7.83. The van der Waals surface area contributed by atoms with Gasteiger partial charge in [-0.2, -0.15) is 0 Å². The monoisotopic (exact) mass is 546 g/mol. The molecule has 2 aromatic carbocycles. The number of hydrogen-bond acceptors (Lipinski definition) is 3. The van der Waals surface area contributed by atoms with E-state index in [-0.39, 0.29) is 29.9 Å². The van der Waals surface area contributed by atoms with Crippen molar-refractivity contribution < 1.29 is 9.21 Å². The number of likely N-dealkylation sites (tertiary alicyclic amines) is 1. The van der Waals surface area contributed by atoms with Crippen molar-refractivity contribution in [1.29, 1.82) is 0 Å². The van der Waals surface area contributed by atoms with Gasteiger partial charge in [0.25, 0.3) is 0 Å². The number of rotatable bonds is 8. The molecule has 3 aromatic rings. The Labute approximate surface area is 206 Å². The van der Waals surface area contributed by atoms with Gasteiger partial charge in [-0.1, -0.05) is 48.5 Å². The first kappa shape index (κ1) is 24.1. The van der Waals surface area contributed by atoms with Crippen LogP contribution in [-0.4, -0.2) is 50.0 Å². The van der Waals surface area contributed by atoms with Crippen LogP contribution in [0.3, 0.4) is 0 Å². The van der Waals surface area contributed by atoms with Crippen LogP contribution in [0.25, 0.3) is 11.0 Å². The molecular formula is C25H31IN4O2. The molecular weight excluding hydrogens is 515 g/mol. The Balaban J connectivity index is 0.00000289. The summed E-state index contributed by atoms with van der Waals surface area (Å²) in [6.45, 7) is 3.04. The predicted octanol–water partition coefficient (Wildman–Crippen LogP) is 3.85. The largest absolute Gasteiger partial charge is 0.461 e. The third-order valence-electron chi connectivity index (χ3n) is 5.73. The molecule has 0 aliphatic carbocycles. The standard InChI is InChI=1S/C25H30N4O2.HI/c1-26-25(27-13-11-22-16-21-9-5-6-10-23(21)31-22)28-17-20-15-24(30)29(18-20)14-12-19-7-3-2-4-8-19;/h2-10,16,20H,11-15,17-18H2,1H3,(H2,26,27,28);1H. The average Bonchev–Trinajstić information content (AvgIpc) is 3.37. The molecule has 1 unspecified atom stereocenters. The van der Waals surface area contributed by atoms with Crippen molar-refractivity contribution in [2.75, 3.05) is 33.2 Å². The van der Waals surface area contributed by atoms with E-state index in [1.165, 1.54) is 5.56 Å². The van der Waals surface area contributed by atoms with Crippen molar-refractivity contribution >= 4 is 46.8 Å². The second kappa shape index (κ2) is 11.9. The lowest BCUT2D eigenvalue weighted by atomic mass is 10.1. The lowest BCUT2D eigenvalue weighted by Crippen LogP contribution is -2.41. The first-order chi connectivity index (χ1) is 15.2. The lowest BCUT2D eigenvalue weighted by Gasteiger charge is -2.18. The third-order valence-corrected chi connectivity index (χ3v) is 5.73. The fraction of sp³-hybridized carbons (Fsp3) is 0.360. The maximum atomic E-state index is 12.4. The molecule has 1 amide bonds. The highest BCUT2D eigenvalue weighted by Crippen LogP contribution is 2.19. The molecule has 1 fully saturated rings. The number of carbonyl (C=O) groups excluding carboxylic acids is 1. The van der Waals surface area contributed by atoms with E-state index in [9.17, 15) is 4.79 Å². The third kappa shape index (κ3) is 6.48. The highest BCUT2D eigenvalue weighted by molar-refractivity contribution is 14.0. The molecule has 170 valence electrons. The number of para-hydroxylation sites is 1.